The topological polar surface area (TPSA) is 99.1 Å². The number of nitrogens with one attached hydrogen (secondary N) is 1. The van der Waals surface area contributed by atoms with Gasteiger partial charge in [0.05, 0.1) is 0 Å². The van der Waals surface area contributed by atoms with Crippen LogP contribution in [0.1, 0.15) is 39.0 Å². The fourth-order valence-electron chi connectivity index (χ4n) is 1.74. The Morgan fingerprint density at radius 1 is 1.47 bits per heavy atom. The number of carboxylic acid groups (broad SMARTS) is 1. The number of aliphatic carboxylic acids is 1. The van der Waals surface area contributed by atoms with E-state index in [4.69, 9.17) is 5.11 Å². The molecule has 1 heterocycles. The van der Waals surface area contributed by atoms with Gasteiger partial charge in [-0.3, -0.25) is 9.59 Å². The molecule has 7 heteroatoms. The molecular weight excluding hydrogens is 250 g/mol. The van der Waals surface area contributed by atoms with Crippen LogP contribution in [0.5, 0.6) is 0 Å². The lowest BCUT2D eigenvalue weighted by Gasteiger charge is -2.20. The second kappa shape index (κ2) is 6.86. The normalized spacial score (nSPS) is 16.8. The van der Waals surface area contributed by atoms with Crippen LogP contribution in [0.25, 0.3) is 0 Å². The molecule has 19 heavy (non-hydrogen) atoms. The predicted octanol–water partition coefficient (Wildman–Crippen LogP) is 0.354. The molecular formula is C12H19N3O4. The van der Waals surface area contributed by atoms with Crippen molar-refractivity contribution in [2.24, 2.45) is 5.10 Å². The van der Waals surface area contributed by atoms with Gasteiger partial charge in [0.25, 0.3) is 5.91 Å². The number of unbranched alkanes of at least 4 members (excludes halogenated alkanes) is 1. The molecule has 1 aliphatic heterocycles. The first kappa shape index (κ1) is 15.1. The third kappa shape index (κ3) is 4.35. The molecule has 106 valence electrons. The Kier molecular flexibility index (Phi) is 5.47. The van der Waals surface area contributed by atoms with E-state index in [0.717, 1.165) is 17.9 Å². The Labute approximate surface area is 111 Å². The number of carbonyl (C=O) groups excluding carboxylic acids is 2. The van der Waals surface area contributed by atoms with E-state index in [-0.39, 0.29) is 24.5 Å². The van der Waals surface area contributed by atoms with Crippen molar-refractivity contribution in [3.63, 3.8) is 0 Å². The van der Waals surface area contributed by atoms with Gasteiger partial charge in [0.1, 0.15) is 11.8 Å². The molecule has 0 aromatic rings. The molecule has 0 aromatic carbocycles. The molecule has 7 nitrogen and oxygen atoms in total. The smallest absolute Gasteiger partial charge is 0.326 e. The minimum atomic E-state index is -1.05. The summed E-state index contributed by atoms with van der Waals surface area (Å²) < 4.78 is 0. The number of nitrogens with zero attached hydrogens (tertiary/aromatic N) is 2. The van der Waals surface area contributed by atoms with Crippen LogP contribution in [0.4, 0.5) is 0 Å². The van der Waals surface area contributed by atoms with E-state index in [0.29, 0.717) is 6.42 Å². The summed E-state index contributed by atoms with van der Waals surface area (Å²) in [6, 6.07) is -0.905. The summed E-state index contributed by atoms with van der Waals surface area (Å²) in [4.78, 5) is 34.1. The summed E-state index contributed by atoms with van der Waals surface area (Å²) in [7, 11) is 1.47. The summed E-state index contributed by atoms with van der Waals surface area (Å²) in [5.41, 5.74) is 0.199. The first-order valence-electron chi connectivity index (χ1n) is 6.33. The Morgan fingerprint density at radius 3 is 2.68 bits per heavy atom. The van der Waals surface area contributed by atoms with Crippen LogP contribution in [-0.4, -0.2) is 46.7 Å². The summed E-state index contributed by atoms with van der Waals surface area (Å²) in [6.07, 6.45) is 2.43. The number of carbonyl (C=O) groups is 3. The highest BCUT2D eigenvalue weighted by Gasteiger charge is 2.25. The van der Waals surface area contributed by atoms with Gasteiger partial charge in [-0.05, 0) is 6.42 Å². The Balaban J connectivity index is 2.64. The third-order valence-electron chi connectivity index (χ3n) is 2.92. The Morgan fingerprint density at radius 2 is 2.16 bits per heavy atom. The molecule has 1 atom stereocenters. The lowest BCUT2D eigenvalue weighted by molar-refractivity contribution is -0.141. The fraction of sp³-hybridized carbons (Fsp3) is 0.667. The van der Waals surface area contributed by atoms with Crippen molar-refractivity contribution in [1.29, 1.82) is 0 Å². The number of hydrazone groups is 1. The monoisotopic (exact) mass is 269 g/mol. The van der Waals surface area contributed by atoms with Gasteiger partial charge in [0.2, 0.25) is 5.91 Å². The fourth-order valence-corrected chi connectivity index (χ4v) is 1.74. The number of carboxylic acids is 1. The zero-order valence-electron chi connectivity index (χ0n) is 11.2. The standard InChI is InChI=1S/C12H19N3O4/c1-3-4-5-9(12(18)19)13-11(17)8-6-7-10(16)15(2)14-8/h9H,3-7H2,1-2H3,(H,13,17)(H,18,19). The summed E-state index contributed by atoms with van der Waals surface area (Å²) >= 11 is 0. The van der Waals surface area contributed by atoms with Crippen molar-refractivity contribution in [3.8, 4) is 0 Å². The first-order chi connectivity index (χ1) is 8.95. The van der Waals surface area contributed by atoms with Crippen LogP contribution in [0.3, 0.4) is 0 Å². The van der Waals surface area contributed by atoms with E-state index in [1.54, 1.807) is 0 Å². The maximum atomic E-state index is 11.9. The van der Waals surface area contributed by atoms with E-state index in [1.807, 2.05) is 6.92 Å². The Bertz CT molecular complexity index is 406. The highest BCUT2D eigenvalue weighted by atomic mass is 16.4. The van der Waals surface area contributed by atoms with Gasteiger partial charge in [0, 0.05) is 19.9 Å². The molecule has 0 radical (unpaired) electrons. The summed E-state index contributed by atoms with van der Waals surface area (Å²) in [5, 5.41) is 16.4. The van der Waals surface area contributed by atoms with Gasteiger partial charge in [-0.15, -0.1) is 0 Å². The zero-order valence-corrected chi connectivity index (χ0v) is 11.2. The van der Waals surface area contributed by atoms with Crippen LogP contribution in [-0.2, 0) is 14.4 Å². The van der Waals surface area contributed by atoms with Crippen molar-refractivity contribution in [2.45, 2.75) is 45.1 Å². The van der Waals surface area contributed by atoms with Crippen LogP contribution in [0.15, 0.2) is 5.10 Å². The van der Waals surface area contributed by atoms with Gasteiger partial charge in [0.15, 0.2) is 0 Å². The second-order valence-corrected chi connectivity index (χ2v) is 4.47. The van der Waals surface area contributed by atoms with E-state index in [2.05, 4.69) is 10.4 Å². The van der Waals surface area contributed by atoms with Gasteiger partial charge in [-0.25, -0.2) is 9.80 Å². The molecule has 1 rings (SSSR count). The maximum absolute atomic E-state index is 11.9. The molecule has 0 fully saturated rings. The van der Waals surface area contributed by atoms with Crippen molar-refractivity contribution in [3.05, 3.63) is 0 Å². The minimum absolute atomic E-state index is 0.155. The van der Waals surface area contributed by atoms with Crippen LogP contribution < -0.4 is 5.32 Å². The number of hydrogen-bond donors (Lipinski definition) is 2. The van der Waals surface area contributed by atoms with Gasteiger partial charge >= 0.3 is 5.97 Å². The van der Waals surface area contributed by atoms with Gasteiger partial charge < -0.3 is 10.4 Å². The first-order valence-corrected chi connectivity index (χ1v) is 6.33. The predicted molar refractivity (Wildman–Crippen MR) is 68.5 cm³/mol. The molecule has 0 aliphatic carbocycles. The lowest BCUT2D eigenvalue weighted by Crippen LogP contribution is -2.45. The average molecular weight is 269 g/mol. The SMILES string of the molecule is CCCCC(NC(=O)C1=NN(C)C(=O)CC1)C(=O)O. The molecule has 2 amide bonds. The van der Waals surface area contributed by atoms with Crippen molar-refractivity contribution >= 4 is 23.5 Å². The molecule has 0 aromatic heterocycles. The molecule has 0 bridgehead atoms. The minimum Gasteiger partial charge on any atom is -0.480 e. The largest absolute Gasteiger partial charge is 0.480 e. The number of hydrogen-bond acceptors (Lipinski definition) is 4. The summed E-state index contributed by atoms with van der Waals surface area (Å²) in [6.45, 7) is 1.95. The highest BCUT2D eigenvalue weighted by Crippen LogP contribution is 2.08. The number of rotatable bonds is 6. The van der Waals surface area contributed by atoms with E-state index in [9.17, 15) is 14.4 Å². The summed E-state index contributed by atoms with van der Waals surface area (Å²) in [5.74, 6) is -1.72. The molecule has 2 N–H and O–H groups in total. The van der Waals surface area contributed by atoms with Crippen molar-refractivity contribution in [1.82, 2.24) is 10.3 Å². The van der Waals surface area contributed by atoms with Crippen LogP contribution in [0, 0.1) is 0 Å². The molecule has 0 saturated heterocycles. The molecule has 1 unspecified atom stereocenters. The lowest BCUT2D eigenvalue weighted by atomic mass is 10.1. The maximum Gasteiger partial charge on any atom is 0.326 e. The van der Waals surface area contributed by atoms with Crippen molar-refractivity contribution in [2.75, 3.05) is 7.05 Å². The molecule has 0 spiro atoms. The van der Waals surface area contributed by atoms with Crippen LogP contribution >= 0.6 is 0 Å². The number of amides is 2. The Hall–Kier alpha value is -1.92. The molecule has 1 aliphatic rings. The average Bonchev–Trinajstić information content (AvgIpc) is 2.37. The van der Waals surface area contributed by atoms with Crippen LogP contribution in [0.2, 0.25) is 0 Å². The van der Waals surface area contributed by atoms with Gasteiger partial charge in [-0.2, -0.15) is 5.10 Å². The van der Waals surface area contributed by atoms with E-state index < -0.39 is 17.9 Å². The second-order valence-electron chi connectivity index (χ2n) is 4.47. The van der Waals surface area contributed by atoms with E-state index in [1.165, 1.54) is 7.05 Å². The highest BCUT2D eigenvalue weighted by molar-refractivity contribution is 6.39. The third-order valence-corrected chi connectivity index (χ3v) is 2.92. The van der Waals surface area contributed by atoms with Crippen molar-refractivity contribution < 1.29 is 19.5 Å². The van der Waals surface area contributed by atoms with Gasteiger partial charge in [-0.1, -0.05) is 19.8 Å². The molecule has 0 saturated carbocycles. The zero-order chi connectivity index (χ0) is 14.4. The quantitative estimate of drug-likeness (QED) is 0.727. The van der Waals surface area contributed by atoms with E-state index >= 15 is 0 Å².